The predicted octanol–water partition coefficient (Wildman–Crippen LogP) is 5.41. The molecule has 0 aliphatic heterocycles. The van der Waals surface area contributed by atoms with E-state index in [0.717, 1.165) is 44.9 Å². The highest BCUT2D eigenvalue weighted by Crippen LogP contribution is 2.06. The van der Waals surface area contributed by atoms with Crippen molar-refractivity contribution in [1.82, 2.24) is 0 Å². The van der Waals surface area contributed by atoms with Crippen molar-refractivity contribution in [1.29, 1.82) is 0 Å². The normalized spacial score (nSPS) is 12.0. The topological polar surface area (TPSA) is 57.5 Å². The van der Waals surface area contributed by atoms with Crippen LogP contribution in [-0.4, -0.2) is 22.8 Å². The van der Waals surface area contributed by atoms with Gasteiger partial charge in [0, 0.05) is 13.0 Å². The van der Waals surface area contributed by atoms with Crippen molar-refractivity contribution < 1.29 is 15.0 Å². The summed E-state index contributed by atoms with van der Waals surface area (Å²) in [5.74, 6) is -0.715. The molecule has 0 radical (unpaired) electrons. The molecule has 0 aromatic carbocycles. The monoisotopic (exact) mass is 322 g/mol. The quantitative estimate of drug-likeness (QED) is 0.295. The van der Waals surface area contributed by atoms with E-state index in [1.807, 2.05) is 0 Å². The van der Waals surface area contributed by atoms with E-state index in [1.54, 1.807) is 0 Å². The first-order valence-electron chi connectivity index (χ1n) is 9.05. The lowest BCUT2D eigenvalue weighted by molar-refractivity contribution is -0.137. The molecule has 0 aliphatic carbocycles. The lowest BCUT2D eigenvalue weighted by Gasteiger charge is -1.97. The molecule has 0 aromatic heterocycles. The molecule has 3 heteroatoms. The Morgan fingerprint density at radius 1 is 0.652 bits per heavy atom. The van der Waals surface area contributed by atoms with Crippen LogP contribution in [0.25, 0.3) is 0 Å². The molecule has 0 spiro atoms. The molecule has 0 atom stereocenters. The smallest absolute Gasteiger partial charge is 0.303 e. The summed E-state index contributed by atoms with van der Waals surface area (Å²) in [6.07, 6.45) is 25.1. The minimum absolute atomic E-state index is 0.259. The lowest BCUT2D eigenvalue weighted by atomic mass is 10.1. The summed E-state index contributed by atoms with van der Waals surface area (Å²) in [5, 5.41) is 17.2. The second kappa shape index (κ2) is 18.7. The van der Waals surface area contributed by atoms with E-state index < -0.39 is 5.97 Å². The predicted molar refractivity (Wildman–Crippen MR) is 97.5 cm³/mol. The van der Waals surface area contributed by atoms with Crippen LogP contribution < -0.4 is 0 Å². The lowest BCUT2D eigenvalue weighted by Crippen LogP contribution is -1.92. The number of carboxylic acids is 1. The van der Waals surface area contributed by atoms with Gasteiger partial charge in [-0.25, -0.2) is 0 Å². The molecule has 2 N–H and O–H groups in total. The Morgan fingerprint density at radius 3 is 1.87 bits per heavy atom. The van der Waals surface area contributed by atoms with Gasteiger partial charge in [-0.3, -0.25) is 4.79 Å². The second-order valence-electron chi connectivity index (χ2n) is 5.79. The van der Waals surface area contributed by atoms with Gasteiger partial charge in [0.1, 0.15) is 0 Å². The Labute approximate surface area is 141 Å². The maximum atomic E-state index is 10.3. The van der Waals surface area contributed by atoms with Gasteiger partial charge in [-0.05, 0) is 51.4 Å². The van der Waals surface area contributed by atoms with E-state index in [2.05, 4.69) is 36.5 Å². The molecule has 3 nitrogen and oxygen atoms in total. The summed E-state index contributed by atoms with van der Waals surface area (Å²) in [6.45, 7) is 0.327. The number of aliphatic carboxylic acids is 1. The third-order valence-electron chi connectivity index (χ3n) is 3.56. The first-order valence-corrected chi connectivity index (χ1v) is 9.05. The molecule has 0 heterocycles. The van der Waals surface area contributed by atoms with Crippen LogP contribution in [0, 0.1) is 0 Å². The fraction of sp³-hybridized carbons (Fsp3) is 0.650. The number of unbranched alkanes of at least 4 members (excludes halogenated alkanes) is 7. The largest absolute Gasteiger partial charge is 0.481 e. The molecule has 0 unspecified atom stereocenters. The van der Waals surface area contributed by atoms with Gasteiger partial charge in [0.2, 0.25) is 0 Å². The van der Waals surface area contributed by atoms with Crippen LogP contribution in [0.3, 0.4) is 0 Å². The number of carboxylic acid groups (broad SMARTS) is 1. The van der Waals surface area contributed by atoms with E-state index in [0.29, 0.717) is 6.61 Å². The highest BCUT2D eigenvalue weighted by Gasteiger charge is 1.92. The summed E-state index contributed by atoms with van der Waals surface area (Å²) in [4.78, 5) is 10.3. The molecule has 0 amide bonds. The Balaban J connectivity index is 3.28. The van der Waals surface area contributed by atoms with Crippen LogP contribution in [0.1, 0.15) is 77.0 Å². The van der Waals surface area contributed by atoms with Gasteiger partial charge in [0.05, 0.1) is 0 Å². The second-order valence-corrected chi connectivity index (χ2v) is 5.79. The molecule has 0 aromatic rings. The van der Waals surface area contributed by atoms with Crippen LogP contribution in [0.5, 0.6) is 0 Å². The molecule has 0 fully saturated rings. The third kappa shape index (κ3) is 20.6. The molecule has 0 aliphatic rings. The maximum absolute atomic E-state index is 10.3. The molecule has 0 saturated carbocycles. The van der Waals surface area contributed by atoms with Crippen LogP contribution >= 0.6 is 0 Å². The highest BCUT2D eigenvalue weighted by molar-refractivity contribution is 5.66. The van der Waals surface area contributed by atoms with Gasteiger partial charge in [0.15, 0.2) is 0 Å². The summed E-state index contributed by atoms with van der Waals surface area (Å²) in [7, 11) is 0. The van der Waals surface area contributed by atoms with Crippen molar-refractivity contribution in [3.63, 3.8) is 0 Å². The van der Waals surface area contributed by atoms with Crippen LogP contribution in [0.15, 0.2) is 36.5 Å². The van der Waals surface area contributed by atoms with E-state index in [9.17, 15) is 4.79 Å². The van der Waals surface area contributed by atoms with E-state index in [4.69, 9.17) is 10.2 Å². The van der Waals surface area contributed by atoms with E-state index in [-0.39, 0.29) is 6.42 Å². The van der Waals surface area contributed by atoms with Gasteiger partial charge in [-0.15, -0.1) is 0 Å². The number of hydrogen-bond acceptors (Lipinski definition) is 2. The Morgan fingerprint density at radius 2 is 1.17 bits per heavy atom. The molecular formula is C20H34O3. The van der Waals surface area contributed by atoms with Crippen molar-refractivity contribution in [2.24, 2.45) is 0 Å². The zero-order valence-electron chi connectivity index (χ0n) is 14.5. The summed E-state index contributed by atoms with van der Waals surface area (Å²) in [6, 6.07) is 0. The first kappa shape index (κ1) is 21.6. The van der Waals surface area contributed by atoms with Gasteiger partial charge in [-0.1, -0.05) is 55.7 Å². The van der Waals surface area contributed by atoms with E-state index >= 15 is 0 Å². The summed E-state index contributed by atoms with van der Waals surface area (Å²) < 4.78 is 0. The maximum Gasteiger partial charge on any atom is 0.303 e. The number of aliphatic hydroxyl groups excluding tert-OH is 1. The third-order valence-corrected chi connectivity index (χ3v) is 3.56. The van der Waals surface area contributed by atoms with Gasteiger partial charge < -0.3 is 10.2 Å². The minimum Gasteiger partial charge on any atom is -0.481 e. The average molecular weight is 322 g/mol. The van der Waals surface area contributed by atoms with Gasteiger partial charge in [-0.2, -0.15) is 0 Å². The molecular weight excluding hydrogens is 288 g/mol. The molecule has 132 valence electrons. The number of hydrogen-bond donors (Lipinski definition) is 2. The average Bonchev–Trinajstić information content (AvgIpc) is 2.53. The SMILES string of the molecule is O=C(O)CCCC=CCC=CCCC=CCCCCCCCO. The fourth-order valence-corrected chi connectivity index (χ4v) is 2.21. The zero-order valence-corrected chi connectivity index (χ0v) is 14.5. The minimum atomic E-state index is -0.715. The zero-order chi connectivity index (χ0) is 17.0. The number of allylic oxidation sites excluding steroid dienone is 6. The summed E-state index contributed by atoms with van der Waals surface area (Å²) in [5.41, 5.74) is 0. The number of aliphatic hydroxyl groups is 1. The number of carbonyl (C=O) groups is 1. The fourth-order valence-electron chi connectivity index (χ4n) is 2.21. The Hall–Kier alpha value is -1.35. The number of rotatable bonds is 16. The molecule has 23 heavy (non-hydrogen) atoms. The van der Waals surface area contributed by atoms with Gasteiger partial charge >= 0.3 is 5.97 Å². The van der Waals surface area contributed by atoms with Crippen molar-refractivity contribution >= 4 is 5.97 Å². The first-order chi connectivity index (χ1) is 11.3. The Bertz CT molecular complexity index is 343. The highest BCUT2D eigenvalue weighted by atomic mass is 16.4. The van der Waals surface area contributed by atoms with Crippen molar-refractivity contribution in [3.05, 3.63) is 36.5 Å². The van der Waals surface area contributed by atoms with Crippen molar-refractivity contribution in [2.75, 3.05) is 6.61 Å². The van der Waals surface area contributed by atoms with Gasteiger partial charge in [0.25, 0.3) is 0 Å². The van der Waals surface area contributed by atoms with Crippen molar-refractivity contribution in [3.8, 4) is 0 Å². The van der Waals surface area contributed by atoms with Crippen LogP contribution in [-0.2, 0) is 4.79 Å². The van der Waals surface area contributed by atoms with E-state index in [1.165, 1.54) is 25.7 Å². The van der Waals surface area contributed by atoms with Crippen molar-refractivity contribution in [2.45, 2.75) is 77.0 Å². The van der Waals surface area contributed by atoms with Crippen LogP contribution in [0.2, 0.25) is 0 Å². The Kier molecular flexibility index (Phi) is 17.6. The standard InChI is InChI=1S/C20H34O3/c21-19-17-15-13-11-9-7-5-3-1-2-4-6-8-10-12-14-16-18-20(22)23/h3-6,10,12,21H,1-2,7-9,11,13-19H2,(H,22,23). The molecule has 0 saturated heterocycles. The molecule has 0 bridgehead atoms. The summed E-state index contributed by atoms with van der Waals surface area (Å²) >= 11 is 0. The molecule has 0 rings (SSSR count). The van der Waals surface area contributed by atoms with Crippen LogP contribution in [0.4, 0.5) is 0 Å².